The number of carbonyl (C=O) groups excluding carboxylic acids is 1. The van der Waals surface area contributed by atoms with Crippen LogP contribution < -0.4 is 0 Å². The van der Waals surface area contributed by atoms with Gasteiger partial charge in [0.2, 0.25) is 0 Å². The lowest BCUT2D eigenvalue weighted by atomic mass is 10.1. The second kappa shape index (κ2) is 5.25. The Bertz CT molecular complexity index is 708. The Morgan fingerprint density at radius 1 is 1.10 bits per heavy atom. The Morgan fingerprint density at radius 2 is 1.85 bits per heavy atom. The molecule has 0 radical (unpaired) electrons. The van der Waals surface area contributed by atoms with E-state index in [0.29, 0.717) is 0 Å². The van der Waals surface area contributed by atoms with Gasteiger partial charge in [0.05, 0.1) is 5.69 Å². The van der Waals surface area contributed by atoms with Crippen molar-refractivity contribution in [2.24, 2.45) is 4.99 Å². The molecule has 1 aliphatic carbocycles. The van der Waals surface area contributed by atoms with E-state index < -0.39 is 0 Å². The quantitative estimate of drug-likeness (QED) is 0.600. The topological polar surface area (TPSA) is 29.4 Å². The Kier molecular flexibility index (Phi) is 3.30. The van der Waals surface area contributed by atoms with E-state index >= 15 is 0 Å². The van der Waals surface area contributed by atoms with Crippen molar-refractivity contribution >= 4 is 23.3 Å². The van der Waals surface area contributed by atoms with Gasteiger partial charge in [-0.3, -0.25) is 9.79 Å². The number of Topliss-reactive ketones (excluding diaryl/α,β-unsaturated/α-hetero) is 1. The van der Waals surface area contributed by atoms with Crippen LogP contribution in [0.2, 0.25) is 0 Å². The van der Waals surface area contributed by atoms with E-state index in [-0.39, 0.29) is 5.78 Å². The number of hydrogen-bond acceptors (Lipinski definition) is 2. The Balaban J connectivity index is 1.80. The van der Waals surface area contributed by atoms with Crippen molar-refractivity contribution in [1.82, 2.24) is 0 Å². The molecule has 1 aliphatic rings. The fraction of sp³-hybridized carbons (Fsp3) is 0.111. The predicted octanol–water partition coefficient (Wildman–Crippen LogP) is 4.23. The van der Waals surface area contributed by atoms with Gasteiger partial charge in [-0.15, -0.1) is 0 Å². The molecular weight excluding hydrogens is 246 g/mol. The predicted molar refractivity (Wildman–Crippen MR) is 82.7 cm³/mol. The van der Waals surface area contributed by atoms with Gasteiger partial charge in [-0.05, 0) is 54.3 Å². The molecule has 0 bridgehead atoms. The number of ketones is 1. The molecule has 0 heterocycles. The lowest BCUT2D eigenvalue weighted by Crippen LogP contribution is -1.89. The zero-order chi connectivity index (χ0) is 13.9. The van der Waals surface area contributed by atoms with E-state index in [4.69, 9.17) is 0 Å². The van der Waals surface area contributed by atoms with Crippen molar-refractivity contribution in [3.8, 4) is 0 Å². The molecule has 98 valence electrons. The second-order valence-corrected chi connectivity index (χ2v) is 4.88. The summed E-state index contributed by atoms with van der Waals surface area (Å²) in [5.41, 5.74) is 5.35. The van der Waals surface area contributed by atoms with Crippen LogP contribution in [0.5, 0.6) is 0 Å². The fourth-order valence-electron chi connectivity index (χ4n) is 2.36. The number of rotatable bonds is 3. The zero-order valence-electron chi connectivity index (χ0n) is 11.3. The molecule has 20 heavy (non-hydrogen) atoms. The number of nitrogens with zero attached hydrogens (tertiary/aromatic N) is 1. The van der Waals surface area contributed by atoms with Crippen LogP contribution >= 0.6 is 0 Å². The molecule has 0 aromatic heterocycles. The van der Waals surface area contributed by atoms with Gasteiger partial charge in [-0.25, -0.2) is 0 Å². The Hall–Kier alpha value is -2.48. The molecule has 2 nitrogen and oxygen atoms in total. The Morgan fingerprint density at radius 3 is 2.60 bits per heavy atom. The third kappa shape index (κ3) is 2.45. The van der Waals surface area contributed by atoms with Crippen LogP contribution in [-0.2, 0) is 6.42 Å². The van der Waals surface area contributed by atoms with Gasteiger partial charge in [-0.1, -0.05) is 30.3 Å². The zero-order valence-corrected chi connectivity index (χ0v) is 11.3. The van der Waals surface area contributed by atoms with E-state index in [1.807, 2.05) is 36.5 Å². The molecule has 3 rings (SSSR count). The maximum atomic E-state index is 11.2. The summed E-state index contributed by atoms with van der Waals surface area (Å²) in [6, 6.07) is 15.7. The highest BCUT2D eigenvalue weighted by atomic mass is 16.1. The molecule has 0 fully saturated rings. The van der Waals surface area contributed by atoms with Crippen molar-refractivity contribution in [2.45, 2.75) is 13.3 Å². The standard InChI is InChI=1S/C18H15NO/c1-13(20)14-8-10-17(11-9-14)19-12-16-7-6-15-4-2-3-5-18(15)16/h2-5,7-12H,6H2,1H3. The van der Waals surface area contributed by atoms with Crippen LogP contribution in [0, 0.1) is 0 Å². The van der Waals surface area contributed by atoms with Crippen LogP contribution in [-0.4, -0.2) is 12.0 Å². The molecule has 0 N–H and O–H groups in total. The maximum Gasteiger partial charge on any atom is 0.159 e. The molecule has 2 aromatic carbocycles. The lowest BCUT2D eigenvalue weighted by Gasteiger charge is -2.00. The number of hydrogen-bond donors (Lipinski definition) is 0. The second-order valence-electron chi connectivity index (χ2n) is 4.88. The molecule has 0 atom stereocenters. The number of benzene rings is 2. The summed E-state index contributed by atoms with van der Waals surface area (Å²) in [7, 11) is 0. The molecule has 0 amide bonds. The van der Waals surface area contributed by atoms with Gasteiger partial charge in [-0.2, -0.15) is 0 Å². The number of fused-ring (bicyclic) bond motifs is 1. The average Bonchev–Trinajstić information content (AvgIpc) is 2.89. The third-order valence-corrected chi connectivity index (χ3v) is 3.50. The minimum atomic E-state index is 0.0768. The number of carbonyl (C=O) groups is 1. The van der Waals surface area contributed by atoms with E-state index in [9.17, 15) is 4.79 Å². The summed E-state index contributed by atoms with van der Waals surface area (Å²) in [5.74, 6) is 0.0768. The molecule has 0 saturated heterocycles. The molecule has 2 aromatic rings. The highest BCUT2D eigenvalue weighted by Crippen LogP contribution is 2.26. The first-order valence-electron chi connectivity index (χ1n) is 6.67. The van der Waals surface area contributed by atoms with Gasteiger partial charge in [0.1, 0.15) is 0 Å². The first-order chi connectivity index (χ1) is 9.74. The van der Waals surface area contributed by atoms with Crippen LogP contribution in [0.4, 0.5) is 5.69 Å². The lowest BCUT2D eigenvalue weighted by molar-refractivity contribution is 0.101. The largest absolute Gasteiger partial charge is 0.295 e. The summed E-state index contributed by atoms with van der Waals surface area (Å²) in [6.07, 6.45) is 5.06. The fourth-order valence-corrected chi connectivity index (χ4v) is 2.36. The summed E-state index contributed by atoms with van der Waals surface area (Å²) >= 11 is 0. The third-order valence-electron chi connectivity index (χ3n) is 3.50. The van der Waals surface area contributed by atoms with Crippen LogP contribution in [0.25, 0.3) is 5.57 Å². The van der Waals surface area contributed by atoms with Crippen LogP contribution in [0.3, 0.4) is 0 Å². The summed E-state index contributed by atoms with van der Waals surface area (Å²) in [4.78, 5) is 15.7. The molecule has 0 aliphatic heterocycles. The van der Waals surface area contributed by atoms with E-state index in [2.05, 4.69) is 29.3 Å². The van der Waals surface area contributed by atoms with E-state index in [1.165, 1.54) is 11.1 Å². The van der Waals surface area contributed by atoms with Gasteiger partial charge in [0, 0.05) is 11.8 Å². The first kappa shape index (κ1) is 12.5. The SMILES string of the molecule is CC(=O)c1ccc(N=CC2=CCc3ccccc32)cc1. The molecule has 0 spiro atoms. The molecule has 0 saturated carbocycles. The van der Waals surface area contributed by atoms with E-state index in [0.717, 1.165) is 23.2 Å². The van der Waals surface area contributed by atoms with Crippen molar-refractivity contribution in [3.63, 3.8) is 0 Å². The highest BCUT2D eigenvalue weighted by Gasteiger charge is 2.10. The van der Waals surface area contributed by atoms with Crippen molar-refractivity contribution in [1.29, 1.82) is 0 Å². The van der Waals surface area contributed by atoms with Crippen LogP contribution in [0.1, 0.15) is 28.4 Å². The Labute approximate surface area is 118 Å². The summed E-state index contributed by atoms with van der Waals surface area (Å²) in [6.45, 7) is 1.57. The molecule has 0 unspecified atom stereocenters. The number of aliphatic imine (C=N–C) groups is 1. The van der Waals surface area contributed by atoms with Crippen LogP contribution in [0.15, 0.2) is 59.6 Å². The molecule has 2 heteroatoms. The van der Waals surface area contributed by atoms with Crippen molar-refractivity contribution in [2.75, 3.05) is 0 Å². The van der Waals surface area contributed by atoms with Gasteiger partial charge in [0.25, 0.3) is 0 Å². The molecular formula is C18H15NO. The minimum Gasteiger partial charge on any atom is -0.295 e. The average molecular weight is 261 g/mol. The van der Waals surface area contributed by atoms with Gasteiger partial charge >= 0.3 is 0 Å². The van der Waals surface area contributed by atoms with Crippen molar-refractivity contribution < 1.29 is 4.79 Å². The monoisotopic (exact) mass is 261 g/mol. The number of allylic oxidation sites excluding steroid dienone is 2. The van der Waals surface area contributed by atoms with Gasteiger partial charge < -0.3 is 0 Å². The first-order valence-corrected chi connectivity index (χ1v) is 6.67. The summed E-state index contributed by atoms with van der Waals surface area (Å²) < 4.78 is 0. The van der Waals surface area contributed by atoms with E-state index in [1.54, 1.807) is 6.92 Å². The maximum absolute atomic E-state index is 11.2. The smallest absolute Gasteiger partial charge is 0.159 e. The van der Waals surface area contributed by atoms with Gasteiger partial charge in [0.15, 0.2) is 5.78 Å². The van der Waals surface area contributed by atoms with Crippen molar-refractivity contribution in [3.05, 3.63) is 71.3 Å². The summed E-state index contributed by atoms with van der Waals surface area (Å²) in [5, 5.41) is 0. The highest BCUT2D eigenvalue weighted by molar-refractivity contribution is 6.12. The normalized spacial score (nSPS) is 13.3. The minimum absolute atomic E-state index is 0.0768.